The lowest BCUT2D eigenvalue weighted by Crippen LogP contribution is -2.42. The van der Waals surface area contributed by atoms with Gasteiger partial charge >= 0.3 is 6.18 Å². The molecule has 0 saturated heterocycles. The van der Waals surface area contributed by atoms with Crippen molar-refractivity contribution in [2.75, 3.05) is 7.05 Å². The van der Waals surface area contributed by atoms with Crippen LogP contribution in [-0.4, -0.2) is 36.1 Å². The number of ether oxygens (including phenoxy) is 1. The van der Waals surface area contributed by atoms with Crippen molar-refractivity contribution in [3.63, 3.8) is 0 Å². The van der Waals surface area contributed by atoms with Gasteiger partial charge in [-0.3, -0.25) is 30.2 Å². The first-order valence-corrected chi connectivity index (χ1v) is 10.5. The Kier molecular flexibility index (Phi) is 7.49. The second-order valence-electron chi connectivity index (χ2n) is 7.69. The van der Waals surface area contributed by atoms with Crippen LogP contribution in [0.25, 0.3) is 0 Å². The van der Waals surface area contributed by atoms with E-state index in [0.717, 1.165) is 12.1 Å². The Morgan fingerprint density at radius 3 is 2.31 bits per heavy atom. The standard InChI is InChI=1S/C23H20ClF3N4O4/c1-22(8-9-29-18(12-22)21(34)28-2)35-15-5-3-4-13(10-15)19(32)30-31-20(33)14-6-7-17(24)16(11-14)23(25,26)27/h3-11H,12H2,1-2H3,(H,28,34)(H,30,32)(H,31,33). The van der Waals surface area contributed by atoms with Crippen LogP contribution >= 0.6 is 11.6 Å². The molecule has 1 atom stereocenters. The van der Waals surface area contributed by atoms with Gasteiger partial charge in [-0.25, -0.2) is 0 Å². The molecular formula is C23H20ClF3N4O4. The average Bonchev–Trinajstić information content (AvgIpc) is 2.81. The molecule has 3 amide bonds. The van der Waals surface area contributed by atoms with Crippen LogP contribution in [-0.2, 0) is 11.0 Å². The minimum absolute atomic E-state index is 0.110. The Bertz CT molecular complexity index is 1230. The molecule has 1 aliphatic heterocycles. The Labute approximate surface area is 203 Å². The zero-order valence-electron chi connectivity index (χ0n) is 18.5. The van der Waals surface area contributed by atoms with Crippen LogP contribution in [0.1, 0.15) is 39.6 Å². The summed E-state index contributed by atoms with van der Waals surface area (Å²) in [6, 6.07) is 8.65. The molecule has 2 aromatic rings. The monoisotopic (exact) mass is 508 g/mol. The summed E-state index contributed by atoms with van der Waals surface area (Å²) in [7, 11) is 1.49. The third kappa shape index (κ3) is 6.38. The molecule has 12 heteroatoms. The van der Waals surface area contributed by atoms with Gasteiger partial charge in [-0.05, 0) is 49.4 Å². The van der Waals surface area contributed by atoms with E-state index >= 15 is 0 Å². The predicted octanol–water partition coefficient (Wildman–Crippen LogP) is 3.68. The fourth-order valence-electron chi connectivity index (χ4n) is 3.19. The van der Waals surface area contributed by atoms with Crippen LogP contribution in [0.4, 0.5) is 13.2 Å². The quantitative estimate of drug-likeness (QED) is 0.535. The van der Waals surface area contributed by atoms with E-state index < -0.39 is 34.2 Å². The minimum Gasteiger partial charge on any atom is -0.483 e. The number of hydrogen-bond donors (Lipinski definition) is 3. The van der Waals surface area contributed by atoms with Crippen molar-refractivity contribution in [2.24, 2.45) is 4.99 Å². The molecule has 3 rings (SSSR count). The average molecular weight is 509 g/mol. The third-order valence-corrected chi connectivity index (χ3v) is 5.27. The summed E-state index contributed by atoms with van der Waals surface area (Å²) in [4.78, 5) is 40.7. The van der Waals surface area contributed by atoms with Gasteiger partial charge in [0.1, 0.15) is 17.1 Å². The summed E-state index contributed by atoms with van der Waals surface area (Å²) in [6.45, 7) is 1.75. The van der Waals surface area contributed by atoms with Gasteiger partial charge in [0.15, 0.2) is 0 Å². The summed E-state index contributed by atoms with van der Waals surface area (Å²) >= 11 is 5.55. The molecule has 1 heterocycles. The number of nitrogens with zero attached hydrogens (tertiary/aromatic N) is 1. The molecule has 1 unspecified atom stereocenters. The Morgan fingerprint density at radius 2 is 1.69 bits per heavy atom. The number of nitrogens with one attached hydrogen (secondary N) is 3. The number of carbonyl (C=O) groups excluding carboxylic acids is 3. The first kappa shape index (κ1) is 25.8. The first-order valence-electron chi connectivity index (χ1n) is 10.1. The van der Waals surface area contributed by atoms with Gasteiger partial charge < -0.3 is 10.1 Å². The largest absolute Gasteiger partial charge is 0.483 e. The summed E-state index contributed by atoms with van der Waals surface area (Å²) in [5.74, 6) is -1.72. The minimum atomic E-state index is -4.74. The van der Waals surface area contributed by atoms with Crippen LogP contribution in [0.5, 0.6) is 5.75 Å². The summed E-state index contributed by atoms with van der Waals surface area (Å²) in [6.07, 6.45) is -1.42. The first-order chi connectivity index (χ1) is 16.4. The van der Waals surface area contributed by atoms with Gasteiger partial charge in [-0.2, -0.15) is 13.2 Å². The van der Waals surface area contributed by atoms with Gasteiger partial charge in [0, 0.05) is 30.8 Å². The molecule has 8 nitrogen and oxygen atoms in total. The Hall–Kier alpha value is -3.86. The van der Waals surface area contributed by atoms with Crippen LogP contribution in [0.15, 0.2) is 59.7 Å². The molecule has 35 heavy (non-hydrogen) atoms. The lowest BCUT2D eigenvalue weighted by molar-refractivity contribution is -0.137. The van der Waals surface area contributed by atoms with Gasteiger partial charge in [0.05, 0.1) is 10.6 Å². The SMILES string of the molecule is CNC(=O)C1=NC=CC(C)(Oc2cccc(C(=O)NNC(=O)c3ccc(Cl)c(C(F)(F)F)c3)c2)C1. The molecule has 0 aromatic heterocycles. The maximum atomic E-state index is 13.0. The molecular weight excluding hydrogens is 489 g/mol. The van der Waals surface area contributed by atoms with E-state index in [4.69, 9.17) is 16.3 Å². The van der Waals surface area contributed by atoms with E-state index in [1.807, 2.05) is 0 Å². The molecule has 0 fully saturated rings. The van der Waals surface area contributed by atoms with Gasteiger partial charge in [-0.15, -0.1) is 0 Å². The molecule has 3 N–H and O–H groups in total. The lowest BCUT2D eigenvalue weighted by atomic mass is 9.96. The molecule has 2 aromatic carbocycles. The number of aliphatic imine (C=N–C) groups is 1. The fourth-order valence-corrected chi connectivity index (χ4v) is 3.41. The second kappa shape index (κ2) is 10.2. The van der Waals surface area contributed by atoms with Gasteiger partial charge in [0.25, 0.3) is 17.7 Å². The summed E-state index contributed by atoms with van der Waals surface area (Å²) in [5.41, 5.74) is 2.19. The van der Waals surface area contributed by atoms with E-state index in [1.165, 1.54) is 25.4 Å². The number of benzene rings is 2. The summed E-state index contributed by atoms with van der Waals surface area (Å²) < 4.78 is 45.0. The molecule has 184 valence electrons. The molecule has 0 saturated carbocycles. The Morgan fingerprint density at radius 1 is 1.03 bits per heavy atom. The lowest BCUT2D eigenvalue weighted by Gasteiger charge is -2.29. The van der Waals surface area contributed by atoms with E-state index in [0.29, 0.717) is 11.8 Å². The molecule has 0 radical (unpaired) electrons. The number of alkyl halides is 3. The van der Waals surface area contributed by atoms with Crippen molar-refractivity contribution in [2.45, 2.75) is 25.1 Å². The number of hydrogen-bond acceptors (Lipinski definition) is 5. The number of rotatable bonds is 5. The predicted molar refractivity (Wildman–Crippen MR) is 122 cm³/mol. The van der Waals surface area contributed by atoms with Gasteiger partial charge in [0.2, 0.25) is 0 Å². The van der Waals surface area contributed by atoms with E-state index in [2.05, 4.69) is 21.2 Å². The van der Waals surface area contributed by atoms with E-state index in [9.17, 15) is 27.6 Å². The second-order valence-corrected chi connectivity index (χ2v) is 8.10. The van der Waals surface area contributed by atoms with Crippen molar-refractivity contribution in [1.82, 2.24) is 16.2 Å². The maximum absolute atomic E-state index is 13.0. The zero-order valence-corrected chi connectivity index (χ0v) is 19.3. The van der Waals surface area contributed by atoms with Crippen molar-refractivity contribution in [1.29, 1.82) is 0 Å². The zero-order chi connectivity index (χ0) is 25.8. The normalized spacial score (nSPS) is 17.3. The van der Waals surface area contributed by atoms with E-state index in [-0.39, 0.29) is 29.2 Å². The van der Waals surface area contributed by atoms with Gasteiger partial charge in [-0.1, -0.05) is 17.7 Å². The Balaban J connectivity index is 1.66. The van der Waals surface area contributed by atoms with Crippen LogP contribution < -0.4 is 20.9 Å². The smallest absolute Gasteiger partial charge is 0.417 e. The third-order valence-electron chi connectivity index (χ3n) is 4.94. The molecule has 0 aliphatic carbocycles. The van der Waals surface area contributed by atoms with Crippen molar-refractivity contribution < 1.29 is 32.3 Å². The van der Waals surface area contributed by atoms with Crippen LogP contribution in [0.2, 0.25) is 5.02 Å². The molecule has 1 aliphatic rings. The maximum Gasteiger partial charge on any atom is 0.417 e. The van der Waals surface area contributed by atoms with Crippen molar-refractivity contribution in [3.8, 4) is 5.75 Å². The van der Waals surface area contributed by atoms with Crippen LogP contribution in [0.3, 0.4) is 0 Å². The molecule has 0 spiro atoms. The van der Waals surface area contributed by atoms with Crippen molar-refractivity contribution in [3.05, 3.63) is 76.5 Å². The molecule has 0 bridgehead atoms. The van der Waals surface area contributed by atoms with E-state index in [1.54, 1.807) is 25.1 Å². The summed E-state index contributed by atoms with van der Waals surface area (Å²) in [5, 5.41) is 1.95. The number of halogens is 4. The number of carbonyl (C=O) groups is 3. The fraction of sp³-hybridized carbons (Fsp3) is 0.217. The van der Waals surface area contributed by atoms with Crippen LogP contribution in [0, 0.1) is 0 Å². The highest BCUT2D eigenvalue weighted by molar-refractivity contribution is 6.39. The highest BCUT2D eigenvalue weighted by Crippen LogP contribution is 2.35. The van der Waals surface area contributed by atoms with Crippen molar-refractivity contribution >= 4 is 35.0 Å². The highest BCUT2D eigenvalue weighted by Gasteiger charge is 2.34. The topological polar surface area (TPSA) is 109 Å². The highest BCUT2D eigenvalue weighted by atomic mass is 35.5. The number of hydrazine groups is 1. The number of amides is 3.